The molecule has 0 aliphatic rings. The zero-order valence-electron chi connectivity index (χ0n) is 10.9. The average molecular weight is 374 g/mol. The summed E-state index contributed by atoms with van der Waals surface area (Å²) in [5.41, 5.74) is 6.09. The van der Waals surface area contributed by atoms with E-state index >= 15 is 0 Å². The van der Waals surface area contributed by atoms with Crippen LogP contribution in [0, 0.1) is 5.82 Å². The molecular weight excluding hydrogens is 363 g/mol. The minimum atomic E-state index is -0.591. The third-order valence-electron chi connectivity index (χ3n) is 2.74. The van der Waals surface area contributed by atoms with Crippen LogP contribution in [0.3, 0.4) is 0 Å². The number of nitrogen functional groups attached to an aromatic ring is 1. The molecular formula is C14H11BrClFN2O2. The Morgan fingerprint density at radius 2 is 2.10 bits per heavy atom. The van der Waals surface area contributed by atoms with E-state index < -0.39 is 11.7 Å². The Bertz CT molecular complexity index is 710. The third kappa shape index (κ3) is 3.46. The molecule has 2 aromatic carbocycles. The Morgan fingerprint density at radius 3 is 2.76 bits per heavy atom. The summed E-state index contributed by atoms with van der Waals surface area (Å²) in [4.78, 5) is 12.2. The van der Waals surface area contributed by atoms with Crippen LogP contribution in [-0.4, -0.2) is 13.0 Å². The maximum atomic E-state index is 13.3. The molecule has 3 N–H and O–H groups in total. The first-order valence-corrected chi connectivity index (χ1v) is 6.99. The van der Waals surface area contributed by atoms with Crippen molar-refractivity contribution in [2.75, 3.05) is 18.2 Å². The van der Waals surface area contributed by atoms with E-state index in [0.717, 1.165) is 6.07 Å². The summed E-state index contributed by atoms with van der Waals surface area (Å²) in [5.74, 6) is -0.586. The molecule has 0 aromatic heterocycles. The van der Waals surface area contributed by atoms with Gasteiger partial charge >= 0.3 is 0 Å². The number of ether oxygens (including phenoxy) is 1. The van der Waals surface area contributed by atoms with E-state index in [1.807, 2.05) is 0 Å². The molecule has 110 valence electrons. The predicted octanol–water partition coefficient (Wildman–Crippen LogP) is 4.08. The normalized spacial score (nSPS) is 10.3. The highest BCUT2D eigenvalue weighted by Crippen LogP contribution is 2.28. The quantitative estimate of drug-likeness (QED) is 0.797. The summed E-state index contributed by atoms with van der Waals surface area (Å²) in [7, 11) is 1.48. The Labute approximate surface area is 134 Å². The number of amides is 1. The second-order valence-electron chi connectivity index (χ2n) is 4.16. The first-order chi connectivity index (χ1) is 9.92. The Balaban J connectivity index is 2.28. The molecule has 2 aromatic rings. The third-order valence-corrected chi connectivity index (χ3v) is 3.71. The Kier molecular flexibility index (Phi) is 4.69. The largest absolute Gasteiger partial charge is 0.495 e. The minimum Gasteiger partial charge on any atom is -0.495 e. The standard InChI is InChI=1S/C14H11BrClFN2O2/c1-21-13-4-7(2-3-10(13)16)19-14(20)8-5-12(18)11(17)6-9(8)15/h2-6H,18H2,1H3,(H,19,20). The van der Waals surface area contributed by atoms with Crippen molar-refractivity contribution in [1.82, 2.24) is 0 Å². The maximum absolute atomic E-state index is 13.3. The van der Waals surface area contributed by atoms with Crippen LogP contribution in [0.5, 0.6) is 5.75 Å². The number of nitrogens with one attached hydrogen (secondary N) is 1. The van der Waals surface area contributed by atoms with Gasteiger partial charge in [-0.25, -0.2) is 4.39 Å². The first kappa shape index (κ1) is 15.6. The summed E-state index contributed by atoms with van der Waals surface area (Å²) < 4.78 is 18.7. The van der Waals surface area contributed by atoms with Gasteiger partial charge in [0.15, 0.2) is 0 Å². The molecule has 1 amide bonds. The van der Waals surface area contributed by atoms with Crippen LogP contribution in [0.15, 0.2) is 34.8 Å². The number of benzene rings is 2. The molecule has 2 rings (SSSR count). The van der Waals surface area contributed by atoms with Crippen molar-refractivity contribution in [1.29, 1.82) is 0 Å². The number of rotatable bonds is 3. The first-order valence-electron chi connectivity index (χ1n) is 5.81. The molecule has 4 nitrogen and oxygen atoms in total. The van der Waals surface area contributed by atoms with Crippen molar-refractivity contribution in [3.8, 4) is 5.75 Å². The summed E-state index contributed by atoms with van der Waals surface area (Å²) in [5, 5.41) is 3.10. The van der Waals surface area contributed by atoms with Crippen LogP contribution in [0.1, 0.15) is 10.4 Å². The molecule has 0 unspecified atom stereocenters. The van der Waals surface area contributed by atoms with Gasteiger partial charge in [-0.05, 0) is 40.2 Å². The topological polar surface area (TPSA) is 64.3 Å². The van der Waals surface area contributed by atoms with Gasteiger partial charge in [-0.1, -0.05) is 11.6 Å². The van der Waals surface area contributed by atoms with Crippen LogP contribution in [0.25, 0.3) is 0 Å². The van der Waals surface area contributed by atoms with Crippen LogP contribution in [0.4, 0.5) is 15.8 Å². The van der Waals surface area contributed by atoms with E-state index in [0.29, 0.717) is 20.9 Å². The molecule has 0 radical (unpaired) electrons. The van der Waals surface area contributed by atoms with Crippen molar-refractivity contribution in [2.45, 2.75) is 0 Å². The number of carbonyl (C=O) groups is 1. The number of hydrogen-bond donors (Lipinski definition) is 2. The summed E-state index contributed by atoms with van der Waals surface area (Å²) in [6, 6.07) is 7.23. The fourth-order valence-corrected chi connectivity index (χ4v) is 2.37. The van der Waals surface area contributed by atoms with E-state index in [2.05, 4.69) is 21.2 Å². The van der Waals surface area contributed by atoms with E-state index in [9.17, 15) is 9.18 Å². The van der Waals surface area contributed by atoms with Gasteiger partial charge in [-0.2, -0.15) is 0 Å². The van der Waals surface area contributed by atoms with Gasteiger partial charge in [0.05, 0.1) is 23.4 Å². The van der Waals surface area contributed by atoms with E-state index in [1.54, 1.807) is 18.2 Å². The highest BCUT2D eigenvalue weighted by Gasteiger charge is 2.14. The molecule has 0 atom stereocenters. The van der Waals surface area contributed by atoms with Gasteiger partial charge in [0.1, 0.15) is 11.6 Å². The van der Waals surface area contributed by atoms with Gasteiger partial charge in [-0.3, -0.25) is 4.79 Å². The van der Waals surface area contributed by atoms with Crippen molar-refractivity contribution < 1.29 is 13.9 Å². The Hall–Kier alpha value is -1.79. The monoisotopic (exact) mass is 372 g/mol. The Morgan fingerprint density at radius 1 is 1.38 bits per heavy atom. The molecule has 0 saturated carbocycles. The van der Waals surface area contributed by atoms with Crippen LogP contribution >= 0.6 is 27.5 Å². The fourth-order valence-electron chi connectivity index (χ4n) is 1.68. The molecule has 0 aliphatic carbocycles. The highest BCUT2D eigenvalue weighted by molar-refractivity contribution is 9.10. The molecule has 0 bridgehead atoms. The van der Waals surface area contributed by atoms with Crippen LogP contribution in [-0.2, 0) is 0 Å². The number of hydrogen-bond acceptors (Lipinski definition) is 3. The lowest BCUT2D eigenvalue weighted by Gasteiger charge is -2.10. The van der Waals surface area contributed by atoms with Crippen molar-refractivity contribution in [3.05, 3.63) is 51.2 Å². The lowest BCUT2D eigenvalue weighted by atomic mass is 10.1. The SMILES string of the molecule is COc1cc(NC(=O)c2cc(N)c(F)cc2Br)ccc1Cl. The summed E-state index contributed by atoms with van der Waals surface area (Å²) in [6.07, 6.45) is 0. The van der Waals surface area contributed by atoms with E-state index in [1.165, 1.54) is 13.2 Å². The zero-order chi connectivity index (χ0) is 15.6. The second-order valence-corrected chi connectivity index (χ2v) is 5.42. The number of halogens is 3. The lowest BCUT2D eigenvalue weighted by molar-refractivity contribution is 0.102. The number of methoxy groups -OCH3 is 1. The van der Waals surface area contributed by atoms with Crippen molar-refractivity contribution in [3.63, 3.8) is 0 Å². The lowest BCUT2D eigenvalue weighted by Crippen LogP contribution is -2.13. The number of nitrogens with two attached hydrogens (primary N) is 1. The molecule has 0 saturated heterocycles. The second kappa shape index (κ2) is 6.32. The summed E-state index contributed by atoms with van der Waals surface area (Å²) in [6.45, 7) is 0. The van der Waals surface area contributed by atoms with Gasteiger partial charge < -0.3 is 15.8 Å². The smallest absolute Gasteiger partial charge is 0.256 e. The van der Waals surface area contributed by atoms with Crippen molar-refractivity contribution >= 4 is 44.8 Å². The van der Waals surface area contributed by atoms with E-state index in [4.69, 9.17) is 22.1 Å². The molecule has 0 spiro atoms. The average Bonchev–Trinajstić information content (AvgIpc) is 2.44. The van der Waals surface area contributed by atoms with Gasteiger partial charge in [-0.15, -0.1) is 0 Å². The summed E-state index contributed by atoms with van der Waals surface area (Å²) >= 11 is 9.04. The molecule has 7 heteroatoms. The molecule has 0 fully saturated rings. The molecule has 0 heterocycles. The number of carbonyl (C=O) groups excluding carboxylic acids is 1. The zero-order valence-corrected chi connectivity index (χ0v) is 13.3. The fraction of sp³-hybridized carbons (Fsp3) is 0.0714. The van der Waals surface area contributed by atoms with Crippen LogP contribution in [0.2, 0.25) is 5.02 Å². The predicted molar refractivity (Wildman–Crippen MR) is 84.5 cm³/mol. The highest BCUT2D eigenvalue weighted by atomic mass is 79.9. The van der Waals surface area contributed by atoms with E-state index in [-0.39, 0.29) is 11.3 Å². The van der Waals surface area contributed by atoms with Gasteiger partial charge in [0.2, 0.25) is 0 Å². The van der Waals surface area contributed by atoms with Gasteiger partial charge in [0, 0.05) is 16.2 Å². The van der Waals surface area contributed by atoms with Gasteiger partial charge in [0.25, 0.3) is 5.91 Å². The van der Waals surface area contributed by atoms with Crippen molar-refractivity contribution in [2.24, 2.45) is 0 Å². The number of anilines is 2. The molecule has 0 aliphatic heterocycles. The maximum Gasteiger partial charge on any atom is 0.256 e. The van der Waals surface area contributed by atoms with Crippen LogP contribution < -0.4 is 15.8 Å². The molecule has 21 heavy (non-hydrogen) atoms. The minimum absolute atomic E-state index is 0.1000.